The molecule has 1 aromatic rings. The summed E-state index contributed by atoms with van der Waals surface area (Å²) in [6.45, 7) is 7.27. The first-order valence-electron chi connectivity index (χ1n) is 10.9. The van der Waals surface area contributed by atoms with Gasteiger partial charge >= 0.3 is 6.09 Å². The van der Waals surface area contributed by atoms with Gasteiger partial charge in [0.05, 0.1) is 6.04 Å². The van der Waals surface area contributed by atoms with Gasteiger partial charge in [-0.2, -0.15) is 0 Å². The van der Waals surface area contributed by atoms with Crippen molar-refractivity contribution in [2.75, 3.05) is 0 Å². The van der Waals surface area contributed by atoms with Gasteiger partial charge in [-0.15, -0.1) is 0 Å². The molecule has 2 rings (SSSR count). The van der Waals surface area contributed by atoms with Crippen molar-refractivity contribution in [3.05, 3.63) is 35.4 Å². The van der Waals surface area contributed by atoms with Crippen molar-refractivity contribution in [3.8, 4) is 0 Å². The van der Waals surface area contributed by atoms with Gasteiger partial charge in [0, 0.05) is 6.42 Å². The summed E-state index contributed by atoms with van der Waals surface area (Å²) < 4.78 is 5.33. The number of alkyl carbamates (subject to hydrolysis) is 1. The zero-order valence-electron chi connectivity index (χ0n) is 18.6. The third-order valence-corrected chi connectivity index (χ3v) is 5.45. The lowest BCUT2D eigenvalue weighted by molar-refractivity contribution is -0.123. The van der Waals surface area contributed by atoms with E-state index in [2.05, 4.69) is 10.6 Å². The number of hydrogen-bond acceptors (Lipinski definition) is 4. The Morgan fingerprint density at radius 2 is 1.80 bits per heavy atom. The van der Waals surface area contributed by atoms with Gasteiger partial charge in [0.1, 0.15) is 11.6 Å². The Labute approximate surface area is 180 Å². The van der Waals surface area contributed by atoms with Gasteiger partial charge in [-0.25, -0.2) is 4.79 Å². The standard InChI is InChI=1S/C24H35N2O4/c1-17-10-8-9-13-19(17)15-21(26-23(29)30-24(2,3)4)22(28)25-20(16-27)14-18-11-6-5-7-12-18/h8-10,13,18,20-21H,5-7,11-12,14-15H2,1-4H3,(H,25,28)(H,26,29)/t20-,21-/m0/s1. The number of benzene rings is 1. The summed E-state index contributed by atoms with van der Waals surface area (Å²) in [6.07, 6.45) is 7.95. The minimum Gasteiger partial charge on any atom is -0.444 e. The van der Waals surface area contributed by atoms with Gasteiger partial charge in [0.25, 0.3) is 0 Å². The van der Waals surface area contributed by atoms with Crippen LogP contribution in [0.25, 0.3) is 0 Å². The molecule has 2 atom stereocenters. The Balaban J connectivity index is 2.08. The average Bonchev–Trinajstić information content (AvgIpc) is 2.67. The fourth-order valence-corrected chi connectivity index (χ4v) is 3.88. The number of carbonyl (C=O) groups excluding carboxylic acids is 3. The largest absolute Gasteiger partial charge is 0.444 e. The molecule has 6 heteroatoms. The first-order valence-corrected chi connectivity index (χ1v) is 10.9. The Morgan fingerprint density at radius 1 is 1.13 bits per heavy atom. The molecule has 0 aromatic heterocycles. The average molecular weight is 416 g/mol. The van der Waals surface area contributed by atoms with Crippen LogP contribution in [0.4, 0.5) is 4.79 Å². The molecule has 0 bridgehead atoms. The highest BCUT2D eigenvalue weighted by molar-refractivity contribution is 5.88. The van der Waals surface area contributed by atoms with Crippen LogP contribution < -0.4 is 10.6 Å². The highest BCUT2D eigenvalue weighted by Gasteiger charge is 2.28. The maximum Gasteiger partial charge on any atom is 0.408 e. The van der Waals surface area contributed by atoms with Crippen LogP contribution in [0, 0.1) is 12.8 Å². The zero-order chi connectivity index (χ0) is 22.1. The van der Waals surface area contributed by atoms with E-state index in [0.29, 0.717) is 18.8 Å². The Bertz CT molecular complexity index is 720. The molecule has 0 unspecified atom stereocenters. The van der Waals surface area contributed by atoms with Gasteiger partial charge in [0.2, 0.25) is 12.2 Å². The normalized spacial score (nSPS) is 16.9. The summed E-state index contributed by atoms with van der Waals surface area (Å²) in [5.41, 5.74) is 1.31. The third-order valence-electron chi connectivity index (χ3n) is 5.45. The summed E-state index contributed by atoms with van der Waals surface area (Å²) in [6, 6.07) is 6.20. The van der Waals surface area contributed by atoms with Crippen LogP contribution in [0.2, 0.25) is 0 Å². The van der Waals surface area contributed by atoms with Gasteiger partial charge < -0.3 is 15.4 Å². The second kappa shape index (κ2) is 11.1. The minimum absolute atomic E-state index is 0.312. The highest BCUT2D eigenvalue weighted by atomic mass is 16.6. The summed E-state index contributed by atoms with van der Waals surface area (Å²) in [7, 11) is 0. The van der Waals surface area contributed by atoms with Crippen molar-refractivity contribution >= 4 is 18.3 Å². The molecule has 0 saturated heterocycles. The van der Waals surface area contributed by atoms with E-state index in [1.807, 2.05) is 37.5 Å². The summed E-state index contributed by atoms with van der Waals surface area (Å²) >= 11 is 0. The van der Waals surface area contributed by atoms with Crippen LogP contribution in [0.15, 0.2) is 24.3 Å². The first kappa shape index (κ1) is 23.9. The first-order chi connectivity index (χ1) is 14.2. The SMILES string of the molecule is Cc1ccccc1C[C@H](NC(=O)OC(C)(C)C)C(=O)N[C@H]([C]=O)CC1CCCCC1. The molecule has 1 aromatic carbocycles. The molecule has 30 heavy (non-hydrogen) atoms. The molecule has 1 aliphatic carbocycles. The van der Waals surface area contributed by atoms with E-state index >= 15 is 0 Å². The van der Waals surface area contributed by atoms with E-state index in [0.717, 1.165) is 24.0 Å². The number of rotatable bonds is 8. The van der Waals surface area contributed by atoms with Crippen molar-refractivity contribution in [3.63, 3.8) is 0 Å². The van der Waals surface area contributed by atoms with Crippen molar-refractivity contribution in [1.29, 1.82) is 0 Å². The molecular weight excluding hydrogens is 380 g/mol. The maximum atomic E-state index is 13.0. The Kier molecular flexibility index (Phi) is 8.88. The van der Waals surface area contributed by atoms with Gasteiger partial charge in [-0.05, 0) is 51.2 Å². The van der Waals surface area contributed by atoms with Crippen LogP contribution in [0.3, 0.4) is 0 Å². The van der Waals surface area contributed by atoms with E-state index < -0.39 is 29.7 Å². The minimum atomic E-state index is -0.844. The Hall–Kier alpha value is -2.37. The number of carbonyl (C=O) groups is 2. The second-order valence-corrected chi connectivity index (χ2v) is 9.25. The lowest BCUT2D eigenvalue weighted by Gasteiger charge is -2.27. The van der Waals surface area contributed by atoms with Crippen molar-refractivity contribution < 1.29 is 19.1 Å². The van der Waals surface area contributed by atoms with Crippen molar-refractivity contribution in [2.45, 2.75) is 90.3 Å². The van der Waals surface area contributed by atoms with Crippen LogP contribution in [-0.2, 0) is 20.7 Å². The molecular formula is C24H35N2O4. The molecule has 0 aliphatic heterocycles. The van der Waals surface area contributed by atoms with Gasteiger partial charge in [-0.3, -0.25) is 9.59 Å². The molecule has 1 radical (unpaired) electrons. The topological polar surface area (TPSA) is 84.5 Å². The molecule has 165 valence electrons. The van der Waals surface area contributed by atoms with E-state index in [4.69, 9.17) is 4.74 Å². The molecule has 1 aliphatic rings. The van der Waals surface area contributed by atoms with E-state index in [-0.39, 0.29) is 0 Å². The molecule has 6 nitrogen and oxygen atoms in total. The van der Waals surface area contributed by atoms with Crippen molar-refractivity contribution in [1.82, 2.24) is 10.6 Å². The van der Waals surface area contributed by atoms with Crippen LogP contribution in [0.5, 0.6) is 0 Å². The van der Waals surface area contributed by atoms with Gasteiger partial charge in [-0.1, -0.05) is 56.4 Å². The van der Waals surface area contributed by atoms with Gasteiger partial charge in [0.15, 0.2) is 0 Å². The molecule has 1 saturated carbocycles. The van der Waals surface area contributed by atoms with E-state index in [1.165, 1.54) is 19.3 Å². The molecule has 0 heterocycles. The Morgan fingerprint density at radius 3 is 2.40 bits per heavy atom. The number of nitrogens with one attached hydrogen (secondary N) is 2. The van der Waals surface area contributed by atoms with Crippen molar-refractivity contribution in [2.24, 2.45) is 5.92 Å². The molecule has 0 spiro atoms. The predicted octanol–water partition coefficient (Wildman–Crippen LogP) is 4.00. The monoisotopic (exact) mass is 415 g/mol. The summed E-state index contributed by atoms with van der Waals surface area (Å²) in [4.78, 5) is 36.8. The van der Waals surface area contributed by atoms with E-state index in [1.54, 1.807) is 20.8 Å². The second-order valence-electron chi connectivity index (χ2n) is 9.25. The predicted molar refractivity (Wildman–Crippen MR) is 117 cm³/mol. The van der Waals surface area contributed by atoms with Crippen LogP contribution >= 0.6 is 0 Å². The fourth-order valence-electron chi connectivity index (χ4n) is 3.88. The number of ether oxygens (including phenoxy) is 1. The number of aryl methyl sites for hydroxylation is 1. The number of amides is 2. The highest BCUT2D eigenvalue weighted by Crippen LogP contribution is 2.27. The lowest BCUT2D eigenvalue weighted by Crippen LogP contribution is -2.52. The summed E-state index contributed by atoms with van der Waals surface area (Å²) in [5.74, 6) is 0.0346. The number of hydrogen-bond donors (Lipinski definition) is 2. The van der Waals surface area contributed by atoms with Crippen LogP contribution in [-0.4, -0.2) is 36.0 Å². The third kappa shape index (κ3) is 8.17. The summed E-state index contributed by atoms with van der Waals surface area (Å²) in [5, 5.41) is 5.47. The fraction of sp³-hybridized carbons (Fsp3) is 0.625. The smallest absolute Gasteiger partial charge is 0.408 e. The lowest BCUT2D eigenvalue weighted by atomic mass is 9.85. The maximum absolute atomic E-state index is 13.0. The molecule has 2 N–H and O–H groups in total. The van der Waals surface area contributed by atoms with Crippen LogP contribution in [0.1, 0.15) is 70.4 Å². The quantitative estimate of drug-likeness (QED) is 0.672. The molecule has 2 amide bonds. The molecule has 1 fully saturated rings. The van der Waals surface area contributed by atoms with E-state index in [9.17, 15) is 14.4 Å². The zero-order valence-corrected chi connectivity index (χ0v) is 18.6.